The van der Waals surface area contributed by atoms with Gasteiger partial charge in [0.05, 0.1) is 17.3 Å². The molecule has 2 aliphatic rings. The molecule has 1 amide bonds. The van der Waals surface area contributed by atoms with E-state index in [1.165, 1.54) is 0 Å². The molecule has 4 heteroatoms. The van der Waals surface area contributed by atoms with Gasteiger partial charge in [0.25, 0.3) is 5.91 Å². The van der Waals surface area contributed by atoms with Crippen LogP contribution in [-0.2, 0) is 0 Å². The van der Waals surface area contributed by atoms with E-state index < -0.39 is 0 Å². The van der Waals surface area contributed by atoms with Gasteiger partial charge in [0.2, 0.25) is 0 Å². The van der Waals surface area contributed by atoms with Crippen LogP contribution in [-0.4, -0.2) is 29.6 Å². The van der Waals surface area contributed by atoms with Gasteiger partial charge < -0.3 is 4.90 Å². The van der Waals surface area contributed by atoms with Crippen LogP contribution in [0.15, 0.2) is 23.2 Å². The Balaban J connectivity index is 2.12. The standard InChI is InChI=1S/C12H11ClN2O/c13-8-3-4-11-10(6-8)12(16)15-5-1-2-9(15)7-14-11/h3-4,6-7,9H,1-2,5H2/t9-/m0/s1. The molecule has 1 aromatic rings. The molecule has 0 N–H and O–H groups in total. The second-order valence-electron chi connectivity index (χ2n) is 4.15. The zero-order valence-corrected chi connectivity index (χ0v) is 9.44. The number of nitrogens with zero attached hydrogens (tertiary/aromatic N) is 2. The minimum atomic E-state index is 0.0532. The number of carbonyl (C=O) groups is 1. The quantitative estimate of drug-likeness (QED) is 0.679. The van der Waals surface area contributed by atoms with Crippen LogP contribution in [0, 0.1) is 0 Å². The van der Waals surface area contributed by atoms with Crippen LogP contribution in [0.1, 0.15) is 23.2 Å². The monoisotopic (exact) mass is 234 g/mol. The lowest BCUT2D eigenvalue weighted by Crippen LogP contribution is -2.35. The van der Waals surface area contributed by atoms with Crippen molar-refractivity contribution in [2.45, 2.75) is 18.9 Å². The summed E-state index contributed by atoms with van der Waals surface area (Å²) in [6.45, 7) is 0.821. The van der Waals surface area contributed by atoms with Gasteiger partial charge in [-0.05, 0) is 31.0 Å². The Kier molecular flexibility index (Phi) is 2.21. The second-order valence-corrected chi connectivity index (χ2v) is 4.58. The second kappa shape index (κ2) is 3.59. The molecule has 0 radical (unpaired) electrons. The molecule has 0 aliphatic carbocycles. The summed E-state index contributed by atoms with van der Waals surface area (Å²) in [6.07, 6.45) is 3.94. The summed E-state index contributed by atoms with van der Waals surface area (Å²) in [7, 11) is 0. The predicted molar refractivity (Wildman–Crippen MR) is 63.7 cm³/mol. The summed E-state index contributed by atoms with van der Waals surface area (Å²) in [5.41, 5.74) is 1.34. The van der Waals surface area contributed by atoms with E-state index in [4.69, 9.17) is 11.6 Å². The molecule has 1 fully saturated rings. The highest BCUT2D eigenvalue weighted by Crippen LogP contribution is 2.30. The highest BCUT2D eigenvalue weighted by Gasteiger charge is 2.31. The molecule has 3 rings (SSSR count). The van der Waals surface area contributed by atoms with Crippen LogP contribution in [0.2, 0.25) is 5.02 Å². The van der Waals surface area contributed by atoms with E-state index in [-0.39, 0.29) is 11.9 Å². The van der Waals surface area contributed by atoms with Crippen molar-refractivity contribution in [1.29, 1.82) is 0 Å². The maximum absolute atomic E-state index is 12.3. The number of benzene rings is 1. The highest BCUT2D eigenvalue weighted by molar-refractivity contribution is 6.31. The van der Waals surface area contributed by atoms with Crippen molar-refractivity contribution in [3.05, 3.63) is 28.8 Å². The van der Waals surface area contributed by atoms with Crippen molar-refractivity contribution in [3.8, 4) is 0 Å². The molecule has 0 aromatic heterocycles. The van der Waals surface area contributed by atoms with Crippen LogP contribution in [0.3, 0.4) is 0 Å². The minimum Gasteiger partial charge on any atom is -0.331 e. The summed E-state index contributed by atoms with van der Waals surface area (Å²) < 4.78 is 0. The van der Waals surface area contributed by atoms with Gasteiger partial charge in [-0.1, -0.05) is 11.6 Å². The van der Waals surface area contributed by atoms with Crippen molar-refractivity contribution in [2.24, 2.45) is 4.99 Å². The van der Waals surface area contributed by atoms with Crippen molar-refractivity contribution in [2.75, 3.05) is 6.54 Å². The molecule has 82 valence electrons. The third kappa shape index (κ3) is 1.43. The average Bonchev–Trinajstić information content (AvgIpc) is 2.70. The molecule has 0 spiro atoms. The third-order valence-electron chi connectivity index (χ3n) is 3.13. The summed E-state index contributed by atoms with van der Waals surface area (Å²) >= 11 is 5.92. The topological polar surface area (TPSA) is 32.7 Å². The van der Waals surface area contributed by atoms with Crippen LogP contribution in [0.5, 0.6) is 0 Å². The Morgan fingerprint density at radius 2 is 2.31 bits per heavy atom. The zero-order chi connectivity index (χ0) is 11.1. The number of fused-ring (bicyclic) bond motifs is 2. The summed E-state index contributed by atoms with van der Waals surface area (Å²) in [5.74, 6) is 0.0532. The summed E-state index contributed by atoms with van der Waals surface area (Å²) in [5, 5.41) is 0.583. The van der Waals surface area contributed by atoms with Crippen LogP contribution < -0.4 is 0 Å². The number of hydrogen-bond acceptors (Lipinski definition) is 2. The third-order valence-corrected chi connectivity index (χ3v) is 3.37. The smallest absolute Gasteiger partial charge is 0.256 e. The van der Waals surface area contributed by atoms with Crippen molar-refractivity contribution in [1.82, 2.24) is 4.90 Å². The molecule has 3 nitrogen and oxygen atoms in total. The zero-order valence-electron chi connectivity index (χ0n) is 8.69. The lowest BCUT2D eigenvalue weighted by Gasteiger charge is -2.19. The first-order valence-corrected chi connectivity index (χ1v) is 5.78. The molecule has 0 saturated carbocycles. The summed E-state index contributed by atoms with van der Waals surface area (Å²) in [4.78, 5) is 18.5. The number of carbonyl (C=O) groups excluding carboxylic acids is 1. The maximum Gasteiger partial charge on any atom is 0.256 e. The molecule has 1 saturated heterocycles. The Bertz CT molecular complexity index is 484. The number of halogens is 1. The first-order valence-electron chi connectivity index (χ1n) is 5.40. The first kappa shape index (κ1) is 9.85. The lowest BCUT2D eigenvalue weighted by atomic mass is 10.1. The first-order chi connectivity index (χ1) is 7.75. The van der Waals surface area contributed by atoms with Gasteiger partial charge in [0.1, 0.15) is 0 Å². The Labute approximate surface area is 98.7 Å². The molecule has 0 unspecified atom stereocenters. The number of hydrogen-bond donors (Lipinski definition) is 0. The fraction of sp³-hybridized carbons (Fsp3) is 0.333. The van der Waals surface area contributed by atoms with Gasteiger partial charge >= 0.3 is 0 Å². The van der Waals surface area contributed by atoms with Crippen LogP contribution in [0.25, 0.3) is 0 Å². The fourth-order valence-corrected chi connectivity index (χ4v) is 2.48. The van der Waals surface area contributed by atoms with Crippen molar-refractivity contribution >= 4 is 29.4 Å². The van der Waals surface area contributed by atoms with E-state index in [0.29, 0.717) is 10.6 Å². The van der Waals surface area contributed by atoms with E-state index in [0.717, 1.165) is 25.1 Å². The minimum absolute atomic E-state index is 0.0532. The lowest BCUT2D eigenvalue weighted by molar-refractivity contribution is 0.0775. The number of aliphatic imine (C=N–C) groups is 1. The van der Waals surface area contributed by atoms with E-state index in [9.17, 15) is 4.79 Å². The van der Waals surface area contributed by atoms with Gasteiger partial charge in [-0.25, -0.2) is 0 Å². The van der Waals surface area contributed by atoms with E-state index in [1.54, 1.807) is 18.2 Å². The molecule has 16 heavy (non-hydrogen) atoms. The number of amides is 1. The van der Waals surface area contributed by atoms with Crippen LogP contribution in [0.4, 0.5) is 5.69 Å². The van der Waals surface area contributed by atoms with E-state index in [2.05, 4.69) is 4.99 Å². The molecular formula is C12H11ClN2O. The van der Waals surface area contributed by atoms with Crippen LogP contribution >= 0.6 is 11.6 Å². The van der Waals surface area contributed by atoms with Gasteiger partial charge in [0.15, 0.2) is 0 Å². The Morgan fingerprint density at radius 1 is 1.44 bits per heavy atom. The Morgan fingerprint density at radius 3 is 3.19 bits per heavy atom. The SMILES string of the molecule is O=C1c2cc(Cl)ccc2N=C[C@@H]2CCCN12. The van der Waals surface area contributed by atoms with E-state index in [1.807, 2.05) is 11.1 Å². The maximum atomic E-state index is 12.3. The summed E-state index contributed by atoms with van der Waals surface area (Å²) in [6, 6.07) is 5.44. The fourth-order valence-electron chi connectivity index (χ4n) is 2.31. The Hall–Kier alpha value is -1.35. The molecule has 1 atom stereocenters. The van der Waals surface area contributed by atoms with Crippen molar-refractivity contribution < 1.29 is 4.79 Å². The average molecular weight is 235 g/mol. The van der Waals surface area contributed by atoms with Gasteiger partial charge in [-0.2, -0.15) is 0 Å². The molecule has 2 aliphatic heterocycles. The molecule has 1 aromatic carbocycles. The molecular weight excluding hydrogens is 224 g/mol. The normalized spacial score (nSPS) is 22.9. The highest BCUT2D eigenvalue weighted by atomic mass is 35.5. The van der Waals surface area contributed by atoms with Gasteiger partial charge in [-0.3, -0.25) is 9.79 Å². The number of rotatable bonds is 0. The van der Waals surface area contributed by atoms with Gasteiger partial charge in [0, 0.05) is 17.8 Å². The van der Waals surface area contributed by atoms with Gasteiger partial charge in [-0.15, -0.1) is 0 Å². The predicted octanol–water partition coefficient (Wildman–Crippen LogP) is 2.66. The molecule has 0 bridgehead atoms. The largest absolute Gasteiger partial charge is 0.331 e. The molecule has 2 heterocycles. The van der Waals surface area contributed by atoms with Crippen molar-refractivity contribution in [3.63, 3.8) is 0 Å². The van der Waals surface area contributed by atoms with E-state index >= 15 is 0 Å².